The zero-order chi connectivity index (χ0) is 14.2. The number of rotatable bonds is 7. The first-order chi connectivity index (χ1) is 9.83. The number of ether oxygens (including phenoxy) is 1. The van der Waals surface area contributed by atoms with Crippen LogP contribution in [0.1, 0.15) is 36.0 Å². The number of nitrogens with one attached hydrogen (secondary N) is 2. The fraction of sp³-hybridized carbons (Fsp3) is 0.533. The van der Waals surface area contributed by atoms with Crippen LogP contribution in [0, 0.1) is 0 Å². The fourth-order valence-electron chi connectivity index (χ4n) is 2.24. The molecule has 0 fully saturated rings. The van der Waals surface area contributed by atoms with Gasteiger partial charge in [-0.3, -0.25) is 4.79 Å². The Labute approximate surface area is 119 Å². The van der Waals surface area contributed by atoms with Crippen molar-refractivity contribution in [3.63, 3.8) is 0 Å². The predicted molar refractivity (Wildman–Crippen MR) is 78.3 cm³/mol. The summed E-state index contributed by atoms with van der Waals surface area (Å²) in [5.41, 5.74) is 1.47. The molecule has 1 aliphatic heterocycles. The molecule has 0 saturated carbocycles. The smallest absolute Gasteiger partial charge is 0.255 e. The Kier molecular flexibility index (Phi) is 5.68. The molecule has 0 unspecified atom stereocenters. The molecule has 5 nitrogen and oxygen atoms in total. The fourth-order valence-corrected chi connectivity index (χ4v) is 2.24. The van der Waals surface area contributed by atoms with Crippen LogP contribution in [0.4, 0.5) is 5.69 Å². The van der Waals surface area contributed by atoms with Crippen LogP contribution < -0.4 is 15.4 Å². The van der Waals surface area contributed by atoms with Gasteiger partial charge in [-0.1, -0.05) is 18.9 Å². The highest BCUT2D eigenvalue weighted by molar-refractivity contribution is 5.98. The van der Waals surface area contributed by atoms with Gasteiger partial charge in [0.2, 0.25) is 0 Å². The molecule has 0 spiro atoms. The molecule has 0 radical (unpaired) electrons. The number of fused-ring (bicyclic) bond motifs is 1. The van der Waals surface area contributed by atoms with Gasteiger partial charge in [0.1, 0.15) is 6.61 Å². The summed E-state index contributed by atoms with van der Waals surface area (Å²) in [5, 5.41) is 14.8. The Morgan fingerprint density at radius 3 is 3.00 bits per heavy atom. The molecule has 0 bridgehead atoms. The second kappa shape index (κ2) is 7.75. The number of hydrogen-bond acceptors (Lipinski definition) is 4. The second-order valence-corrected chi connectivity index (χ2v) is 4.85. The average Bonchev–Trinajstić information content (AvgIpc) is 2.50. The van der Waals surface area contributed by atoms with Crippen LogP contribution in [0.2, 0.25) is 0 Å². The van der Waals surface area contributed by atoms with Gasteiger partial charge >= 0.3 is 0 Å². The van der Waals surface area contributed by atoms with E-state index in [1.807, 2.05) is 12.1 Å². The molecule has 1 aromatic rings. The minimum absolute atomic E-state index is 0.0901. The number of carbonyl (C=O) groups excluding carboxylic acids is 1. The van der Waals surface area contributed by atoms with Crippen LogP contribution in [-0.4, -0.2) is 37.3 Å². The highest BCUT2D eigenvalue weighted by atomic mass is 16.5. The van der Waals surface area contributed by atoms with Gasteiger partial charge in [0.25, 0.3) is 5.91 Å². The van der Waals surface area contributed by atoms with Gasteiger partial charge < -0.3 is 20.5 Å². The number of aliphatic hydroxyl groups is 1. The number of carbonyl (C=O) groups is 1. The van der Waals surface area contributed by atoms with Gasteiger partial charge in [-0.25, -0.2) is 0 Å². The minimum atomic E-state index is -0.0901. The highest BCUT2D eigenvalue weighted by Crippen LogP contribution is 2.30. The van der Waals surface area contributed by atoms with Crippen molar-refractivity contribution in [3.8, 4) is 5.75 Å². The van der Waals surface area contributed by atoms with Gasteiger partial charge in [-0.15, -0.1) is 0 Å². The van der Waals surface area contributed by atoms with Crippen LogP contribution in [0.3, 0.4) is 0 Å². The first-order valence-corrected chi connectivity index (χ1v) is 7.21. The molecule has 0 atom stereocenters. The maximum absolute atomic E-state index is 12.1. The summed E-state index contributed by atoms with van der Waals surface area (Å²) >= 11 is 0. The molecule has 3 N–H and O–H groups in total. The molecular weight excluding hydrogens is 256 g/mol. The van der Waals surface area contributed by atoms with Crippen molar-refractivity contribution in [1.29, 1.82) is 0 Å². The van der Waals surface area contributed by atoms with E-state index in [-0.39, 0.29) is 12.5 Å². The molecule has 1 heterocycles. The molecule has 110 valence electrons. The molecule has 2 rings (SSSR count). The molecule has 1 aromatic carbocycles. The topological polar surface area (TPSA) is 70.6 Å². The van der Waals surface area contributed by atoms with E-state index in [4.69, 9.17) is 9.84 Å². The van der Waals surface area contributed by atoms with E-state index in [1.54, 1.807) is 6.07 Å². The van der Waals surface area contributed by atoms with E-state index in [0.717, 1.165) is 37.9 Å². The number of hydrogen-bond donors (Lipinski definition) is 3. The van der Waals surface area contributed by atoms with Crippen LogP contribution >= 0.6 is 0 Å². The van der Waals surface area contributed by atoms with E-state index < -0.39 is 0 Å². The van der Waals surface area contributed by atoms with E-state index >= 15 is 0 Å². The Hall–Kier alpha value is -1.75. The Morgan fingerprint density at radius 1 is 1.30 bits per heavy atom. The Balaban J connectivity index is 1.83. The van der Waals surface area contributed by atoms with Crippen molar-refractivity contribution in [2.45, 2.75) is 25.7 Å². The maximum Gasteiger partial charge on any atom is 0.255 e. The zero-order valence-electron chi connectivity index (χ0n) is 11.7. The number of para-hydroxylation sites is 1. The third kappa shape index (κ3) is 3.87. The molecule has 0 saturated heterocycles. The van der Waals surface area contributed by atoms with Crippen LogP contribution in [0.25, 0.3) is 0 Å². The van der Waals surface area contributed by atoms with Gasteiger partial charge in [0.15, 0.2) is 5.75 Å². The SMILES string of the molecule is O=C(NCCCCCCO)c1cccc2c1OCCN2. The Morgan fingerprint density at radius 2 is 2.15 bits per heavy atom. The normalized spacial score (nSPS) is 13.1. The third-order valence-corrected chi connectivity index (χ3v) is 3.29. The van der Waals surface area contributed by atoms with Crippen LogP contribution in [-0.2, 0) is 0 Å². The Bertz CT molecular complexity index is 449. The first-order valence-electron chi connectivity index (χ1n) is 7.21. The zero-order valence-corrected chi connectivity index (χ0v) is 11.7. The van der Waals surface area contributed by atoms with Crippen molar-refractivity contribution in [3.05, 3.63) is 23.8 Å². The van der Waals surface area contributed by atoms with Crippen LogP contribution in [0.5, 0.6) is 5.75 Å². The monoisotopic (exact) mass is 278 g/mol. The van der Waals surface area contributed by atoms with Gasteiger partial charge in [0.05, 0.1) is 11.3 Å². The summed E-state index contributed by atoms with van der Waals surface area (Å²) in [6.07, 6.45) is 3.78. The van der Waals surface area contributed by atoms with Gasteiger partial charge in [0, 0.05) is 19.7 Å². The lowest BCUT2D eigenvalue weighted by Gasteiger charge is -2.21. The largest absolute Gasteiger partial charge is 0.489 e. The number of aliphatic hydroxyl groups excluding tert-OH is 1. The lowest BCUT2D eigenvalue weighted by molar-refractivity contribution is 0.0948. The molecular formula is C15H22N2O3. The third-order valence-electron chi connectivity index (χ3n) is 3.29. The standard InChI is InChI=1S/C15H22N2O3/c18-10-4-2-1-3-8-17-15(19)12-6-5-7-13-14(12)20-11-9-16-13/h5-7,16,18H,1-4,8-11H2,(H,17,19). The number of benzene rings is 1. The molecule has 1 amide bonds. The summed E-state index contributed by atoms with van der Waals surface area (Å²) in [6, 6.07) is 5.56. The van der Waals surface area contributed by atoms with E-state index in [0.29, 0.717) is 24.5 Å². The minimum Gasteiger partial charge on any atom is -0.489 e. The summed E-state index contributed by atoms with van der Waals surface area (Å²) in [7, 11) is 0. The van der Waals surface area contributed by atoms with Gasteiger partial charge in [-0.05, 0) is 25.0 Å². The lowest BCUT2D eigenvalue weighted by atomic mass is 10.1. The van der Waals surface area contributed by atoms with Crippen LogP contribution in [0.15, 0.2) is 18.2 Å². The summed E-state index contributed by atoms with van der Waals surface area (Å²) in [5.74, 6) is 0.559. The molecule has 0 aliphatic carbocycles. The van der Waals surface area contributed by atoms with Crippen molar-refractivity contribution >= 4 is 11.6 Å². The summed E-state index contributed by atoms with van der Waals surface area (Å²) < 4.78 is 5.58. The predicted octanol–water partition coefficient (Wildman–Crippen LogP) is 1.77. The first kappa shape index (κ1) is 14.7. The maximum atomic E-state index is 12.1. The highest BCUT2D eigenvalue weighted by Gasteiger charge is 2.18. The van der Waals surface area contributed by atoms with Crippen molar-refractivity contribution < 1.29 is 14.6 Å². The summed E-state index contributed by atoms with van der Waals surface area (Å²) in [4.78, 5) is 12.1. The molecule has 5 heteroatoms. The number of amides is 1. The average molecular weight is 278 g/mol. The molecule has 0 aromatic heterocycles. The lowest BCUT2D eigenvalue weighted by Crippen LogP contribution is -2.27. The van der Waals surface area contributed by atoms with E-state index in [2.05, 4.69) is 10.6 Å². The summed E-state index contributed by atoms with van der Waals surface area (Å²) in [6.45, 7) is 2.25. The van der Waals surface area contributed by atoms with Crippen molar-refractivity contribution in [2.24, 2.45) is 0 Å². The van der Waals surface area contributed by atoms with Gasteiger partial charge in [-0.2, -0.15) is 0 Å². The van der Waals surface area contributed by atoms with Crippen molar-refractivity contribution in [2.75, 3.05) is 31.6 Å². The molecule has 20 heavy (non-hydrogen) atoms. The van der Waals surface area contributed by atoms with E-state index in [1.165, 1.54) is 0 Å². The quantitative estimate of drug-likeness (QED) is 0.665. The van der Waals surface area contributed by atoms with Crippen molar-refractivity contribution in [1.82, 2.24) is 5.32 Å². The number of anilines is 1. The van der Waals surface area contributed by atoms with E-state index in [9.17, 15) is 4.79 Å². The number of unbranched alkanes of at least 4 members (excludes halogenated alkanes) is 3. The molecule has 1 aliphatic rings. The second-order valence-electron chi connectivity index (χ2n) is 4.85.